The van der Waals surface area contributed by atoms with Crippen LogP contribution in [-0.2, 0) is 12.6 Å². The summed E-state index contributed by atoms with van der Waals surface area (Å²) < 4.78 is 37.5. The van der Waals surface area contributed by atoms with Crippen LogP contribution in [-0.4, -0.2) is 4.98 Å². The number of fused-ring (bicyclic) bond motifs is 1. The number of hydrogen-bond donors (Lipinski definition) is 0. The zero-order valence-electron chi connectivity index (χ0n) is 9.33. The number of benzene rings is 1. The number of rotatable bonds is 2. The maximum atomic E-state index is 12.5. The Morgan fingerprint density at radius 2 is 1.94 bits per heavy atom. The van der Waals surface area contributed by atoms with Crippen molar-refractivity contribution in [2.24, 2.45) is 0 Å². The fraction of sp³-hybridized carbons (Fsp3) is 0.231. The van der Waals surface area contributed by atoms with Crippen LogP contribution in [0.2, 0.25) is 0 Å². The Bertz CT molecular complexity index is 612. The zero-order chi connectivity index (χ0) is 13.2. The van der Waals surface area contributed by atoms with Gasteiger partial charge in [-0.15, -0.1) is 0 Å². The smallest absolute Gasteiger partial charge is 0.253 e. The molecule has 18 heavy (non-hydrogen) atoms. The first-order valence-electron chi connectivity index (χ1n) is 5.34. The van der Waals surface area contributed by atoms with E-state index >= 15 is 0 Å². The highest BCUT2D eigenvalue weighted by atomic mass is 19.4. The summed E-state index contributed by atoms with van der Waals surface area (Å²) in [5, 5.41) is 8.91. The lowest BCUT2D eigenvalue weighted by Gasteiger charge is -2.08. The third-order valence-electron chi connectivity index (χ3n) is 2.57. The largest absolute Gasteiger partial charge is 0.416 e. The molecule has 0 atom stereocenters. The first kappa shape index (κ1) is 12.4. The summed E-state index contributed by atoms with van der Waals surface area (Å²) in [4.78, 5) is 4.22. The predicted molar refractivity (Wildman–Crippen MR) is 60.7 cm³/mol. The number of pyridine rings is 1. The monoisotopic (exact) mass is 250 g/mol. The van der Waals surface area contributed by atoms with Gasteiger partial charge in [-0.3, -0.25) is 4.98 Å². The maximum Gasteiger partial charge on any atom is 0.416 e. The van der Waals surface area contributed by atoms with Gasteiger partial charge in [-0.25, -0.2) is 0 Å². The molecular weight excluding hydrogens is 241 g/mol. The molecule has 0 unspecified atom stereocenters. The van der Waals surface area contributed by atoms with Crippen molar-refractivity contribution in [2.45, 2.75) is 19.0 Å². The van der Waals surface area contributed by atoms with Crippen LogP contribution in [0.4, 0.5) is 13.2 Å². The summed E-state index contributed by atoms with van der Waals surface area (Å²) in [6.07, 6.45) is -3.49. The number of nitrogens with zero attached hydrogens (tertiary/aromatic N) is 2. The van der Waals surface area contributed by atoms with Gasteiger partial charge in [-0.05, 0) is 24.3 Å². The van der Waals surface area contributed by atoms with E-state index in [9.17, 15) is 13.2 Å². The molecule has 0 saturated heterocycles. The first-order valence-corrected chi connectivity index (χ1v) is 5.34. The number of alkyl halides is 3. The molecule has 2 rings (SSSR count). The Kier molecular flexibility index (Phi) is 3.19. The quantitative estimate of drug-likeness (QED) is 0.814. The molecule has 5 heteroatoms. The number of aromatic nitrogens is 1. The van der Waals surface area contributed by atoms with Gasteiger partial charge in [-0.1, -0.05) is 6.07 Å². The normalized spacial score (nSPS) is 11.4. The average molecular weight is 250 g/mol. The Morgan fingerprint density at radius 3 is 2.61 bits per heavy atom. The van der Waals surface area contributed by atoms with E-state index in [-0.39, 0.29) is 0 Å². The summed E-state index contributed by atoms with van der Waals surface area (Å²) >= 11 is 0. The predicted octanol–water partition coefficient (Wildman–Crippen LogP) is 3.71. The number of nitriles is 1. The summed E-state index contributed by atoms with van der Waals surface area (Å²) in [6.45, 7) is 0. The summed E-state index contributed by atoms with van der Waals surface area (Å²) in [5.41, 5.74) is 0.545. The standard InChI is InChI=1S/C13H9F3N2/c14-13(15,16)10-4-6-12-9(8-10)3-5-11(18-12)2-1-7-17/h3-6,8H,1-2H2. The summed E-state index contributed by atoms with van der Waals surface area (Å²) in [6, 6.07) is 8.71. The van der Waals surface area contributed by atoms with Crippen molar-refractivity contribution in [3.8, 4) is 6.07 Å². The Balaban J connectivity index is 2.40. The number of aryl methyl sites for hydroxylation is 1. The molecule has 0 bridgehead atoms. The van der Waals surface area contributed by atoms with E-state index < -0.39 is 11.7 Å². The molecule has 1 aromatic carbocycles. The van der Waals surface area contributed by atoms with Crippen LogP contribution in [0.3, 0.4) is 0 Å². The van der Waals surface area contributed by atoms with E-state index in [1.54, 1.807) is 12.1 Å². The molecule has 0 radical (unpaired) electrons. The van der Waals surface area contributed by atoms with Crippen LogP contribution < -0.4 is 0 Å². The van der Waals surface area contributed by atoms with Crippen LogP contribution in [0.15, 0.2) is 30.3 Å². The average Bonchev–Trinajstić information content (AvgIpc) is 2.34. The van der Waals surface area contributed by atoms with Gasteiger partial charge in [0, 0.05) is 23.9 Å². The summed E-state index contributed by atoms with van der Waals surface area (Å²) in [5.74, 6) is 0. The van der Waals surface area contributed by atoms with Crippen LogP contribution in [0.1, 0.15) is 17.7 Å². The highest BCUT2D eigenvalue weighted by Gasteiger charge is 2.30. The van der Waals surface area contributed by atoms with Gasteiger partial charge in [0.25, 0.3) is 0 Å². The van der Waals surface area contributed by atoms with Gasteiger partial charge < -0.3 is 0 Å². The second-order valence-electron chi connectivity index (χ2n) is 3.87. The Hall–Kier alpha value is -2.09. The van der Waals surface area contributed by atoms with E-state index in [2.05, 4.69) is 4.98 Å². The van der Waals surface area contributed by atoms with Gasteiger partial charge in [0.15, 0.2) is 0 Å². The van der Waals surface area contributed by atoms with Gasteiger partial charge in [0.2, 0.25) is 0 Å². The molecule has 0 aliphatic rings. The second kappa shape index (κ2) is 4.65. The topological polar surface area (TPSA) is 36.7 Å². The lowest BCUT2D eigenvalue weighted by molar-refractivity contribution is -0.137. The minimum atomic E-state index is -4.34. The van der Waals surface area contributed by atoms with Crippen LogP contribution in [0, 0.1) is 11.3 Å². The molecular formula is C13H9F3N2. The van der Waals surface area contributed by atoms with Gasteiger partial charge in [-0.2, -0.15) is 18.4 Å². The van der Waals surface area contributed by atoms with Crippen molar-refractivity contribution >= 4 is 10.9 Å². The maximum absolute atomic E-state index is 12.5. The van der Waals surface area contributed by atoms with Crippen LogP contribution >= 0.6 is 0 Å². The number of hydrogen-bond acceptors (Lipinski definition) is 2. The molecule has 0 fully saturated rings. The van der Waals surface area contributed by atoms with Gasteiger partial charge in [0.1, 0.15) is 0 Å². The molecule has 1 heterocycles. The molecule has 0 amide bonds. The second-order valence-corrected chi connectivity index (χ2v) is 3.87. The fourth-order valence-electron chi connectivity index (χ4n) is 1.67. The fourth-order valence-corrected chi connectivity index (χ4v) is 1.67. The van der Waals surface area contributed by atoms with E-state index in [0.717, 1.165) is 12.1 Å². The minimum Gasteiger partial charge on any atom is -0.253 e. The van der Waals surface area contributed by atoms with Crippen LogP contribution in [0.5, 0.6) is 0 Å². The molecule has 0 N–H and O–H groups in total. The molecule has 1 aromatic heterocycles. The van der Waals surface area contributed by atoms with E-state index in [4.69, 9.17) is 5.26 Å². The van der Waals surface area contributed by atoms with Gasteiger partial charge in [0.05, 0.1) is 17.1 Å². The molecule has 2 aromatic rings. The van der Waals surface area contributed by atoms with Crippen molar-refractivity contribution in [1.29, 1.82) is 5.26 Å². The first-order chi connectivity index (χ1) is 8.50. The molecule has 0 aliphatic heterocycles. The van der Waals surface area contributed by atoms with Gasteiger partial charge >= 0.3 is 6.18 Å². The third kappa shape index (κ3) is 2.59. The van der Waals surface area contributed by atoms with Crippen molar-refractivity contribution < 1.29 is 13.2 Å². The Labute approximate surface area is 102 Å². The van der Waals surface area contributed by atoms with Crippen molar-refractivity contribution in [2.75, 3.05) is 0 Å². The minimum absolute atomic E-state index is 0.346. The number of halogens is 3. The van der Waals surface area contributed by atoms with E-state index in [1.807, 2.05) is 6.07 Å². The SMILES string of the molecule is N#CCCc1ccc2cc(C(F)(F)F)ccc2n1. The molecule has 2 nitrogen and oxygen atoms in total. The molecule has 0 spiro atoms. The molecule has 0 saturated carbocycles. The lowest BCUT2D eigenvalue weighted by Crippen LogP contribution is -2.04. The van der Waals surface area contributed by atoms with Crippen molar-refractivity contribution in [1.82, 2.24) is 4.98 Å². The van der Waals surface area contributed by atoms with Crippen molar-refractivity contribution in [3.63, 3.8) is 0 Å². The van der Waals surface area contributed by atoms with Crippen molar-refractivity contribution in [3.05, 3.63) is 41.6 Å². The zero-order valence-corrected chi connectivity index (χ0v) is 9.33. The molecule has 92 valence electrons. The Morgan fingerprint density at radius 1 is 1.17 bits per heavy atom. The molecule has 0 aliphatic carbocycles. The van der Waals surface area contributed by atoms with E-state index in [0.29, 0.717) is 29.4 Å². The highest BCUT2D eigenvalue weighted by molar-refractivity contribution is 5.79. The van der Waals surface area contributed by atoms with Crippen LogP contribution in [0.25, 0.3) is 10.9 Å². The lowest BCUT2D eigenvalue weighted by atomic mass is 10.1. The van der Waals surface area contributed by atoms with E-state index in [1.165, 1.54) is 6.07 Å². The highest BCUT2D eigenvalue weighted by Crippen LogP contribution is 2.31. The third-order valence-corrected chi connectivity index (χ3v) is 2.57. The summed E-state index contributed by atoms with van der Waals surface area (Å²) in [7, 11) is 0.